The Morgan fingerprint density at radius 2 is 1.90 bits per heavy atom. The molecule has 0 saturated carbocycles. The first-order valence-corrected chi connectivity index (χ1v) is 6.91. The molecule has 0 atom stereocenters. The van der Waals surface area contributed by atoms with Gasteiger partial charge in [-0.3, -0.25) is 9.59 Å². The molecule has 0 fully saturated rings. The van der Waals surface area contributed by atoms with Gasteiger partial charge in [0.25, 0.3) is 0 Å². The van der Waals surface area contributed by atoms with Crippen LogP contribution in [0.5, 0.6) is 0 Å². The highest BCUT2D eigenvalue weighted by Gasteiger charge is 2.19. The first-order valence-electron chi connectivity index (χ1n) is 6.91. The second-order valence-corrected chi connectivity index (χ2v) is 5.08. The van der Waals surface area contributed by atoms with Gasteiger partial charge in [0.15, 0.2) is 0 Å². The molecule has 0 aromatic carbocycles. The molecule has 1 heterocycles. The standard InChI is InChI=1S/C14H22N4O3/c1-11(2)18(9-4-6-13(20)21)12(19)10-17(3)14-15-7-5-8-16-14/h5,7-8,11H,4,6,9-10H2,1-3H3,(H,20,21). The summed E-state index contributed by atoms with van der Waals surface area (Å²) in [5.41, 5.74) is 0. The van der Waals surface area contributed by atoms with Gasteiger partial charge in [0.2, 0.25) is 11.9 Å². The molecule has 1 aromatic rings. The smallest absolute Gasteiger partial charge is 0.303 e. The number of likely N-dealkylation sites (N-methyl/N-ethyl adjacent to an activating group) is 1. The Balaban J connectivity index is 2.58. The van der Waals surface area contributed by atoms with Crippen LogP contribution >= 0.6 is 0 Å². The van der Waals surface area contributed by atoms with Crippen molar-refractivity contribution >= 4 is 17.8 Å². The van der Waals surface area contributed by atoms with E-state index in [1.165, 1.54) is 0 Å². The van der Waals surface area contributed by atoms with Crippen LogP contribution in [0.4, 0.5) is 5.95 Å². The molecule has 21 heavy (non-hydrogen) atoms. The van der Waals surface area contributed by atoms with Crippen LogP contribution in [-0.2, 0) is 9.59 Å². The van der Waals surface area contributed by atoms with E-state index in [9.17, 15) is 9.59 Å². The zero-order chi connectivity index (χ0) is 15.8. The van der Waals surface area contributed by atoms with Crippen molar-refractivity contribution in [1.29, 1.82) is 0 Å². The Labute approximate surface area is 124 Å². The molecule has 1 amide bonds. The summed E-state index contributed by atoms with van der Waals surface area (Å²) < 4.78 is 0. The highest BCUT2D eigenvalue weighted by atomic mass is 16.4. The third kappa shape index (κ3) is 5.76. The Kier molecular flexibility index (Phi) is 6.58. The van der Waals surface area contributed by atoms with Gasteiger partial charge < -0.3 is 14.9 Å². The lowest BCUT2D eigenvalue weighted by Gasteiger charge is -2.28. The van der Waals surface area contributed by atoms with E-state index >= 15 is 0 Å². The number of carboxylic acids is 1. The Morgan fingerprint density at radius 3 is 2.43 bits per heavy atom. The molecule has 1 aromatic heterocycles. The SMILES string of the molecule is CC(C)N(CCCC(=O)O)C(=O)CN(C)c1ncccn1. The number of amides is 1. The zero-order valence-corrected chi connectivity index (χ0v) is 12.7. The Bertz CT molecular complexity index is 465. The molecule has 0 unspecified atom stereocenters. The third-order valence-corrected chi connectivity index (χ3v) is 3.00. The van der Waals surface area contributed by atoms with E-state index in [0.717, 1.165) is 0 Å². The van der Waals surface area contributed by atoms with E-state index in [4.69, 9.17) is 5.11 Å². The van der Waals surface area contributed by atoms with Gasteiger partial charge >= 0.3 is 5.97 Å². The number of anilines is 1. The predicted octanol–water partition coefficient (Wildman–Crippen LogP) is 1.01. The van der Waals surface area contributed by atoms with Crippen LogP contribution in [0.15, 0.2) is 18.5 Å². The summed E-state index contributed by atoms with van der Waals surface area (Å²) in [6, 6.07) is 1.74. The molecule has 0 aliphatic rings. The van der Waals surface area contributed by atoms with Crippen LogP contribution < -0.4 is 4.90 Å². The van der Waals surface area contributed by atoms with Crippen molar-refractivity contribution in [3.63, 3.8) is 0 Å². The van der Waals surface area contributed by atoms with Gasteiger partial charge in [0.05, 0.1) is 6.54 Å². The van der Waals surface area contributed by atoms with Gasteiger partial charge in [0.1, 0.15) is 0 Å². The molecule has 7 nitrogen and oxygen atoms in total. The third-order valence-electron chi connectivity index (χ3n) is 3.00. The van der Waals surface area contributed by atoms with E-state index < -0.39 is 5.97 Å². The maximum absolute atomic E-state index is 12.3. The number of hydrogen-bond acceptors (Lipinski definition) is 5. The average Bonchev–Trinajstić information content (AvgIpc) is 2.43. The van der Waals surface area contributed by atoms with Crippen LogP contribution in [0, 0.1) is 0 Å². The summed E-state index contributed by atoms with van der Waals surface area (Å²) in [5.74, 6) is -0.425. The highest BCUT2D eigenvalue weighted by molar-refractivity contribution is 5.81. The summed E-state index contributed by atoms with van der Waals surface area (Å²) in [6.45, 7) is 4.43. The first kappa shape index (κ1) is 16.9. The van der Waals surface area contributed by atoms with Crippen LogP contribution in [0.3, 0.4) is 0 Å². The molecule has 0 radical (unpaired) electrons. The van der Waals surface area contributed by atoms with E-state index in [0.29, 0.717) is 18.9 Å². The van der Waals surface area contributed by atoms with Crippen LogP contribution in [-0.4, -0.2) is 58.0 Å². The second-order valence-electron chi connectivity index (χ2n) is 5.08. The number of rotatable bonds is 8. The molecule has 0 aliphatic carbocycles. The Hall–Kier alpha value is -2.18. The second kappa shape index (κ2) is 8.18. The van der Waals surface area contributed by atoms with Gasteiger partial charge in [-0.2, -0.15) is 0 Å². The van der Waals surface area contributed by atoms with E-state index in [1.807, 2.05) is 13.8 Å². The van der Waals surface area contributed by atoms with Gasteiger partial charge in [-0.05, 0) is 26.3 Å². The van der Waals surface area contributed by atoms with E-state index in [1.54, 1.807) is 35.3 Å². The number of carbonyl (C=O) groups is 2. The van der Waals surface area contributed by atoms with Crippen molar-refractivity contribution in [2.45, 2.75) is 32.7 Å². The number of aliphatic carboxylic acids is 1. The molecule has 116 valence electrons. The molecule has 0 saturated heterocycles. The molecule has 7 heteroatoms. The fourth-order valence-corrected chi connectivity index (χ4v) is 1.92. The van der Waals surface area contributed by atoms with Crippen LogP contribution in [0.1, 0.15) is 26.7 Å². The Morgan fingerprint density at radius 1 is 1.29 bits per heavy atom. The molecule has 1 N–H and O–H groups in total. The summed E-state index contributed by atoms with van der Waals surface area (Å²) >= 11 is 0. The molecular formula is C14H22N4O3. The minimum absolute atomic E-state index is 0.0244. The number of hydrogen-bond donors (Lipinski definition) is 1. The number of carbonyl (C=O) groups excluding carboxylic acids is 1. The van der Waals surface area contributed by atoms with Crippen molar-refractivity contribution in [2.24, 2.45) is 0 Å². The molecule has 0 bridgehead atoms. The summed E-state index contributed by atoms with van der Waals surface area (Å²) in [5, 5.41) is 8.67. The van der Waals surface area contributed by atoms with E-state index in [-0.39, 0.29) is 24.9 Å². The minimum Gasteiger partial charge on any atom is -0.481 e. The lowest BCUT2D eigenvalue weighted by atomic mass is 10.2. The quantitative estimate of drug-likeness (QED) is 0.770. The van der Waals surface area contributed by atoms with E-state index in [2.05, 4.69) is 9.97 Å². The molecular weight excluding hydrogens is 272 g/mol. The van der Waals surface area contributed by atoms with Crippen LogP contribution in [0.25, 0.3) is 0 Å². The first-order chi connectivity index (χ1) is 9.91. The molecule has 0 aliphatic heterocycles. The predicted molar refractivity (Wildman–Crippen MR) is 79.0 cm³/mol. The van der Waals surface area contributed by atoms with Crippen molar-refractivity contribution in [2.75, 3.05) is 25.0 Å². The molecule has 0 spiro atoms. The maximum Gasteiger partial charge on any atom is 0.303 e. The zero-order valence-electron chi connectivity index (χ0n) is 12.7. The van der Waals surface area contributed by atoms with Crippen molar-refractivity contribution in [1.82, 2.24) is 14.9 Å². The van der Waals surface area contributed by atoms with Gasteiger partial charge in [-0.15, -0.1) is 0 Å². The van der Waals surface area contributed by atoms with Crippen molar-refractivity contribution in [3.05, 3.63) is 18.5 Å². The number of carboxylic acid groups (broad SMARTS) is 1. The summed E-state index contributed by atoms with van der Waals surface area (Å²) in [7, 11) is 1.75. The van der Waals surface area contributed by atoms with Crippen molar-refractivity contribution < 1.29 is 14.7 Å². The van der Waals surface area contributed by atoms with Gasteiger partial charge in [0, 0.05) is 38.4 Å². The lowest BCUT2D eigenvalue weighted by Crippen LogP contribution is -2.43. The fraction of sp³-hybridized carbons (Fsp3) is 0.571. The number of aromatic nitrogens is 2. The monoisotopic (exact) mass is 294 g/mol. The summed E-state index contributed by atoms with van der Waals surface area (Å²) in [6.07, 6.45) is 3.76. The van der Waals surface area contributed by atoms with Gasteiger partial charge in [-0.1, -0.05) is 0 Å². The molecule has 1 rings (SSSR count). The normalized spacial score (nSPS) is 10.5. The van der Waals surface area contributed by atoms with Crippen molar-refractivity contribution in [3.8, 4) is 0 Å². The lowest BCUT2D eigenvalue weighted by molar-refractivity contribution is -0.138. The van der Waals surface area contributed by atoms with Gasteiger partial charge in [-0.25, -0.2) is 9.97 Å². The van der Waals surface area contributed by atoms with Crippen LogP contribution in [0.2, 0.25) is 0 Å². The topological polar surface area (TPSA) is 86.6 Å². The average molecular weight is 294 g/mol. The minimum atomic E-state index is -0.846. The number of nitrogens with zero attached hydrogens (tertiary/aromatic N) is 4. The maximum atomic E-state index is 12.3. The largest absolute Gasteiger partial charge is 0.481 e. The highest BCUT2D eigenvalue weighted by Crippen LogP contribution is 2.07. The fourth-order valence-electron chi connectivity index (χ4n) is 1.92. The summed E-state index contributed by atoms with van der Waals surface area (Å²) in [4.78, 5) is 34.4.